The normalized spacial score (nSPS) is 8.92. The van der Waals surface area contributed by atoms with Gasteiger partial charge in [0, 0.05) is 0 Å². The van der Waals surface area contributed by atoms with Crippen LogP contribution in [0, 0.1) is 34.6 Å². The molecule has 0 aliphatic rings. The van der Waals surface area contributed by atoms with Gasteiger partial charge in [0.15, 0.2) is 0 Å². The summed E-state index contributed by atoms with van der Waals surface area (Å²) in [5.41, 5.74) is 8.13. The zero-order valence-electron chi connectivity index (χ0n) is 23.6. The minimum Gasteiger partial charge on any atom is -0.0623 e. The Morgan fingerprint density at radius 1 is 0.324 bits per heavy atom. The molecule has 192 valence electrons. The van der Waals surface area contributed by atoms with E-state index in [1.807, 2.05) is 60.7 Å². The Morgan fingerprint density at radius 3 is 0.838 bits per heavy atom. The van der Waals surface area contributed by atoms with E-state index in [0.717, 1.165) is 6.42 Å². The number of hydrogen-bond acceptors (Lipinski definition) is 0. The molecule has 0 heterocycles. The van der Waals surface area contributed by atoms with Crippen LogP contribution in [0.1, 0.15) is 40.3 Å². The van der Waals surface area contributed by atoms with Gasteiger partial charge in [-0.25, -0.2) is 0 Å². The van der Waals surface area contributed by atoms with Crippen LogP contribution in [0.5, 0.6) is 0 Å². The first kappa shape index (κ1) is 31.1. The molecule has 0 fully saturated rings. The minimum atomic E-state index is 1.14. The lowest BCUT2D eigenvalue weighted by molar-refractivity contribution is 1.14. The topological polar surface area (TPSA) is 0 Å². The maximum absolute atomic E-state index is 2.16. The van der Waals surface area contributed by atoms with Gasteiger partial charge in [0.1, 0.15) is 0 Å². The fraction of sp³-hybridized carbons (Fsp3) is 0.189. The first-order valence-corrected chi connectivity index (χ1v) is 13.0. The predicted octanol–water partition coefficient (Wildman–Crippen LogP) is 10.5. The van der Waals surface area contributed by atoms with Crippen molar-refractivity contribution in [2.24, 2.45) is 0 Å². The highest BCUT2D eigenvalue weighted by Crippen LogP contribution is 2.03. The second-order valence-electron chi connectivity index (χ2n) is 8.89. The highest BCUT2D eigenvalue weighted by molar-refractivity contribution is 5.23. The molecular formula is C37H44. The lowest BCUT2D eigenvalue weighted by Gasteiger charge is -1.93. The minimum absolute atomic E-state index is 1.14. The Bertz CT molecular complexity index is 1090. The molecule has 37 heavy (non-hydrogen) atoms. The molecule has 0 N–H and O–H groups in total. The average molecular weight is 489 g/mol. The highest BCUT2D eigenvalue weighted by atomic mass is 13.9. The van der Waals surface area contributed by atoms with Crippen LogP contribution >= 0.6 is 0 Å². The van der Waals surface area contributed by atoms with Crippen LogP contribution in [0.25, 0.3) is 0 Å². The van der Waals surface area contributed by atoms with Crippen molar-refractivity contribution in [3.8, 4) is 0 Å². The first-order chi connectivity index (χ1) is 17.9. The molecule has 0 spiro atoms. The van der Waals surface area contributed by atoms with Gasteiger partial charge < -0.3 is 0 Å². The summed E-state index contributed by atoms with van der Waals surface area (Å²) in [5.74, 6) is 0. The van der Waals surface area contributed by atoms with E-state index in [9.17, 15) is 0 Å². The van der Waals surface area contributed by atoms with Gasteiger partial charge in [0.05, 0.1) is 0 Å². The van der Waals surface area contributed by atoms with Crippen LogP contribution < -0.4 is 0 Å². The van der Waals surface area contributed by atoms with E-state index in [4.69, 9.17) is 0 Å². The number of benzene rings is 5. The molecule has 0 atom stereocenters. The van der Waals surface area contributed by atoms with Crippen LogP contribution in [-0.2, 0) is 6.42 Å². The van der Waals surface area contributed by atoms with Crippen molar-refractivity contribution < 1.29 is 0 Å². The van der Waals surface area contributed by atoms with Crippen LogP contribution in [0.15, 0.2) is 146 Å². The van der Waals surface area contributed by atoms with Crippen LogP contribution in [0.4, 0.5) is 0 Å². The summed E-state index contributed by atoms with van der Waals surface area (Å²) in [6.07, 6.45) is 1.14. The van der Waals surface area contributed by atoms with Gasteiger partial charge in [-0.2, -0.15) is 0 Å². The van der Waals surface area contributed by atoms with Gasteiger partial charge in [-0.15, -0.1) is 0 Å². The first-order valence-electron chi connectivity index (χ1n) is 13.0. The molecule has 0 aliphatic carbocycles. The standard InChI is InChI=1S/3C8H10.C7H8.C6H6/c1-7-3-5-8(2)6-4-7;1-7-5-3-4-6-8(7)2;1-2-8-6-4-3-5-7-8;1-7-5-3-2-4-6-7;1-2-4-6-5-3-1/h2*3-6H,1-2H3;3-7H,2H2,1H3;2-6H,1H3;1-6H. The summed E-state index contributed by atoms with van der Waals surface area (Å²) >= 11 is 0. The van der Waals surface area contributed by atoms with Crippen LogP contribution in [-0.4, -0.2) is 0 Å². The molecule has 5 aromatic carbocycles. The third-order valence-electron chi connectivity index (χ3n) is 5.50. The smallest absolute Gasteiger partial charge is 0.0307 e. The summed E-state index contributed by atoms with van der Waals surface area (Å²) in [7, 11) is 0. The highest BCUT2D eigenvalue weighted by Gasteiger charge is 1.84. The summed E-state index contributed by atoms with van der Waals surface area (Å²) < 4.78 is 0. The Morgan fingerprint density at radius 2 is 0.595 bits per heavy atom. The predicted molar refractivity (Wildman–Crippen MR) is 165 cm³/mol. The molecule has 0 aromatic heterocycles. The largest absolute Gasteiger partial charge is 0.0623 e. The summed E-state index contributed by atoms with van der Waals surface area (Å²) in [5, 5.41) is 0. The molecule has 0 nitrogen and oxygen atoms in total. The quantitative estimate of drug-likeness (QED) is 0.220. The molecule has 5 rings (SSSR count). The molecular weight excluding hydrogens is 444 g/mol. The fourth-order valence-electron chi connectivity index (χ4n) is 2.93. The van der Waals surface area contributed by atoms with Crippen LogP contribution in [0.2, 0.25) is 0 Å². The number of rotatable bonds is 1. The van der Waals surface area contributed by atoms with E-state index in [-0.39, 0.29) is 0 Å². The Balaban J connectivity index is 0.000000232. The third-order valence-corrected chi connectivity index (χ3v) is 5.50. The molecule has 0 unspecified atom stereocenters. The van der Waals surface area contributed by atoms with E-state index in [1.54, 1.807) is 0 Å². The zero-order valence-corrected chi connectivity index (χ0v) is 23.6. The van der Waals surface area contributed by atoms with Gasteiger partial charge in [0.2, 0.25) is 0 Å². The third kappa shape index (κ3) is 17.2. The number of aryl methyl sites for hydroxylation is 6. The van der Waals surface area contributed by atoms with Gasteiger partial charge in [-0.3, -0.25) is 0 Å². The van der Waals surface area contributed by atoms with E-state index < -0.39 is 0 Å². The molecule has 0 saturated heterocycles. The van der Waals surface area contributed by atoms with E-state index in [2.05, 4.69) is 126 Å². The Labute approximate surface area is 226 Å². The molecule has 0 saturated carbocycles. The van der Waals surface area contributed by atoms with E-state index >= 15 is 0 Å². The van der Waals surface area contributed by atoms with Gasteiger partial charge in [-0.1, -0.05) is 169 Å². The van der Waals surface area contributed by atoms with Crippen molar-refractivity contribution in [2.45, 2.75) is 48.0 Å². The van der Waals surface area contributed by atoms with Crippen LogP contribution in [0.3, 0.4) is 0 Å². The monoisotopic (exact) mass is 488 g/mol. The number of hydrogen-bond donors (Lipinski definition) is 0. The second-order valence-corrected chi connectivity index (χ2v) is 8.89. The average Bonchev–Trinajstić information content (AvgIpc) is 2.95. The van der Waals surface area contributed by atoms with Crippen molar-refractivity contribution >= 4 is 0 Å². The molecule has 5 aromatic rings. The van der Waals surface area contributed by atoms with E-state index in [1.165, 1.54) is 33.4 Å². The Kier molecular flexibility index (Phi) is 17.1. The molecule has 0 heteroatoms. The van der Waals surface area contributed by atoms with Gasteiger partial charge in [-0.05, 0) is 57.7 Å². The summed E-state index contributed by atoms with van der Waals surface area (Å²) in [4.78, 5) is 0. The van der Waals surface area contributed by atoms with Crippen molar-refractivity contribution in [1.82, 2.24) is 0 Å². The van der Waals surface area contributed by atoms with Crippen molar-refractivity contribution in [1.29, 1.82) is 0 Å². The Hall–Kier alpha value is -3.90. The molecule has 0 radical (unpaired) electrons. The SMILES string of the molecule is CCc1ccccc1.Cc1ccc(C)cc1.Cc1ccccc1.Cc1ccccc1C.c1ccccc1. The second kappa shape index (κ2) is 20.3. The summed E-state index contributed by atoms with van der Waals surface area (Å²) in [6.45, 7) is 12.7. The van der Waals surface area contributed by atoms with Gasteiger partial charge >= 0.3 is 0 Å². The maximum atomic E-state index is 2.16. The molecule has 0 amide bonds. The van der Waals surface area contributed by atoms with Crippen molar-refractivity contribution in [3.05, 3.63) is 179 Å². The lowest BCUT2D eigenvalue weighted by atomic mass is 10.1. The maximum Gasteiger partial charge on any atom is -0.0307 e. The van der Waals surface area contributed by atoms with Crippen molar-refractivity contribution in [3.63, 3.8) is 0 Å². The van der Waals surface area contributed by atoms with Gasteiger partial charge in [0.25, 0.3) is 0 Å². The fourth-order valence-corrected chi connectivity index (χ4v) is 2.93. The van der Waals surface area contributed by atoms with Crippen molar-refractivity contribution in [2.75, 3.05) is 0 Å². The molecule has 0 bridgehead atoms. The molecule has 0 aliphatic heterocycles. The lowest BCUT2D eigenvalue weighted by Crippen LogP contribution is -1.74. The summed E-state index contributed by atoms with van der Waals surface area (Å²) in [6, 6.07) is 49.6. The van der Waals surface area contributed by atoms with E-state index in [0.29, 0.717) is 0 Å². The zero-order chi connectivity index (χ0) is 27.1.